The lowest BCUT2D eigenvalue weighted by Gasteiger charge is -2.20. The maximum Gasteiger partial charge on any atom is 0.259 e. The van der Waals surface area contributed by atoms with Gasteiger partial charge in [0.05, 0.1) is 0 Å². The molecule has 1 amide bonds. The van der Waals surface area contributed by atoms with Crippen LogP contribution in [0.1, 0.15) is 31.1 Å². The summed E-state index contributed by atoms with van der Waals surface area (Å²) in [6.45, 7) is 6.42. The van der Waals surface area contributed by atoms with Gasteiger partial charge in [-0.25, -0.2) is 4.98 Å². The lowest BCUT2D eigenvalue weighted by molar-refractivity contribution is 0.0987. The van der Waals surface area contributed by atoms with Gasteiger partial charge in [-0.05, 0) is 45.0 Å². The number of carbonyl (C=O) groups is 1. The highest BCUT2D eigenvalue weighted by molar-refractivity contribution is 6.31. The number of hydrogen-bond acceptors (Lipinski definition) is 4. The summed E-state index contributed by atoms with van der Waals surface area (Å²) in [7, 11) is 0. The number of nitrogens with zero attached hydrogens (tertiary/aromatic N) is 3. The van der Waals surface area contributed by atoms with Gasteiger partial charge in [-0.3, -0.25) is 9.69 Å². The second kappa shape index (κ2) is 7.22. The van der Waals surface area contributed by atoms with Crippen molar-refractivity contribution < 1.29 is 4.79 Å². The van der Waals surface area contributed by atoms with E-state index in [9.17, 15) is 4.79 Å². The zero-order chi connectivity index (χ0) is 16.1. The summed E-state index contributed by atoms with van der Waals surface area (Å²) in [5.74, 6) is 0.926. The van der Waals surface area contributed by atoms with Gasteiger partial charge in [0, 0.05) is 29.4 Å². The van der Waals surface area contributed by atoms with E-state index >= 15 is 0 Å². The van der Waals surface area contributed by atoms with Gasteiger partial charge >= 0.3 is 0 Å². The van der Waals surface area contributed by atoms with Crippen LogP contribution in [0.3, 0.4) is 0 Å². The molecule has 1 aromatic carbocycles. The molecule has 0 saturated heterocycles. The minimum atomic E-state index is -0.140. The van der Waals surface area contributed by atoms with Crippen molar-refractivity contribution in [3.05, 3.63) is 47.1 Å². The summed E-state index contributed by atoms with van der Waals surface area (Å²) in [6.07, 6.45) is 1.64. The van der Waals surface area contributed by atoms with E-state index in [0.29, 0.717) is 28.9 Å². The van der Waals surface area contributed by atoms with Crippen LogP contribution in [0.4, 0.5) is 11.8 Å². The molecule has 0 spiro atoms. The Balaban J connectivity index is 2.29. The van der Waals surface area contributed by atoms with Crippen molar-refractivity contribution >= 4 is 29.3 Å². The Kier molecular flexibility index (Phi) is 5.33. The first-order chi connectivity index (χ1) is 10.5. The highest BCUT2D eigenvalue weighted by Crippen LogP contribution is 2.18. The third-order valence-electron chi connectivity index (χ3n) is 2.97. The first-order valence-electron chi connectivity index (χ1n) is 7.18. The Morgan fingerprint density at radius 3 is 2.77 bits per heavy atom. The molecule has 0 unspecified atom stereocenters. The lowest BCUT2D eigenvalue weighted by Crippen LogP contribution is -2.31. The van der Waals surface area contributed by atoms with Crippen LogP contribution in [-0.4, -0.2) is 28.5 Å². The van der Waals surface area contributed by atoms with Crippen LogP contribution in [0.5, 0.6) is 0 Å². The molecule has 0 fully saturated rings. The largest absolute Gasteiger partial charge is 0.352 e. The van der Waals surface area contributed by atoms with E-state index in [1.54, 1.807) is 41.4 Å². The number of hydrogen-bond donors (Lipinski definition) is 1. The van der Waals surface area contributed by atoms with Crippen molar-refractivity contribution in [1.29, 1.82) is 0 Å². The fraction of sp³-hybridized carbons (Fsp3) is 0.312. The van der Waals surface area contributed by atoms with Crippen molar-refractivity contribution in [2.75, 3.05) is 16.8 Å². The fourth-order valence-electron chi connectivity index (χ4n) is 2.01. The first kappa shape index (κ1) is 16.2. The minimum absolute atomic E-state index is 0.140. The van der Waals surface area contributed by atoms with Crippen LogP contribution >= 0.6 is 11.6 Å². The Morgan fingerprint density at radius 1 is 1.36 bits per heavy atom. The molecule has 0 aliphatic carbocycles. The normalized spacial score (nSPS) is 10.6. The molecule has 1 heterocycles. The number of halogens is 1. The molecule has 0 atom stereocenters. The maximum absolute atomic E-state index is 12.6. The van der Waals surface area contributed by atoms with E-state index in [1.807, 2.05) is 20.8 Å². The Morgan fingerprint density at radius 2 is 2.14 bits per heavy atom. The maximum atomic E-state index is 12.6. The van der Waals surface area contributed by atoms with Crippen LogP contribution in [-0.2, 0) is 0 Å². The van der Waals surface area contributed by atoms with Gasteiger partial charge in [-0.1, -0.05) is 17.7 Å². The van der Waals surface area contributed by atoms with Crippen LogP contribution in [0.2, 0.25) is 5.02 Å². The molecule has 1 aromatic heterocycles. The van der Waals surface area contributed by atoms with Gasteiger partial charge in [0.15, 0.2) is 0 Å². The Hall–Kier alpha value is -2.14. The van der Waals surface area contributed by atoms with E-state index in [0.717, 1.165) is 0 Å². The molecular weight excluding hydrogens is 300 g/mol. The molecule has 2 aromatic rings. The molecule has 22 heavy (non-hydrogen) atoms. The molecule has 0 bridgehead atoms. The minimum Gasteiger partial charge on any atom is -0.352 e. The second-order valence-electron chi connectivity index (χ2n) is 5.10. The zero-order valence-electron chi connectivity index (χ0n) is 12.9. The average molecular weight is 319 g/mol. The van der Waals surface area contributed by atoms with Gasteiger partial charge in [0.1, 0.15) is 5.82 Å². The lowest BCUT2D eigenvalue weighted by atomic mass is 10.2. The summed E-state index contributed by atoms with van der Waals surface area (Å²) < 4.78 is 0. The monoisotopic (exact) mass is 318 g/mol. The van der Waals surface area contributed by atoms with Crippen LogP contribution < -0.4 is 10.2 Å². The smallest absolute Gasteiger partial charge is 0.259 e. The van der Waals surface area contributed by atoms with Crippen molar-refractivity contribution in [2.24, 2.45) is 0 Å². The second-order valence-corrected chi connectivity index (χ2v) is 5.53. The van der Waals surface area contributed by atoms with Gasteiger partial charge < -0.3 is 5.32 Å². The quantitative estimate of drug-likeness (QED) is 0.914. The molecule has 116 valence electrons. The van der Waals surface area contributed by atoms with E-state index in [4.69, 9.17) is 11.6 Å². The number of amides is 1. The number of nitrogens with one attached hydrogen (secondary N) is 1. The Labute approximate surface area is 135 Å². The molecule has 2 rings (SSSR count). The van der Waals surface area contributed by atoms with Crippen molar-refractivity contribution in [3.63, 3.8) is 0 Å². The molecule has 0 aliphatic rings. The Bertz CT molecular complexity index is 660. The van der Waals surface area contributed by atoms with E-state index in [2.05, 4.69) is 15.3 Å². The molecule has 5 nitrogen and oxygen atoms in total. The van der Waals surface area contributed by atoms with Gasteiger partial charge in [0.2, 0.25) is 5.95 Å². The number of aromatic nitrogens is 2. The van der Waals surface area contributed by atoms with Crippen molar-refractivity contribution in [1.82, 2.24) is 9.97 Å². The topological polar surface area (TPSA) is 58.1 Å². The summed E-state index contributed by atoms with van der Waals surface area (Å²) in [4.78, 5) is 22.8. The van der Waals surface area contributed by atoms with Gasteiger partial charge in [-0.15, -0.1) is 0 Å². The number of carbonyl (C=O) groups excluding carboxylic acids is 1. The summed E-state index contributed by atoms with van der Waals surface area (Å²) in [6, 6.07) is 8.83. The van der Waals surface area contributed by atoms with Crippen molar-refractivity contribution in [2.45, 2.75) is 26.8 Å². The first-order valence-corrected chi connectivity index (χ1v) is 7.56. The molecule has 1 N–H and O–H groups in total. The number of benzene rings is 1. The highest BCUT2D eigenvalue weighted by atomic mass is 35.5. The van der Waals surface area contributed by atoms with Crippen LogP contribution in [0.15, 0.2) is 36.5 Å². The molecule has 0 radical (unpaired) electrons. The number of anilines is 2. The summed E-state index contributed by atoms with van der Waals surface area (Å²) in [5.41, 5.74) is 0.534. The SMILES string of the molecule is CCN(C(=O)c1cccc(Cl)c1)c1ccnc(NC(C)C)n1. The molecular formula is C16H19ClN4O. The van der Waals surface area contributed by atoms with E-state index < -0.39 is 0 Å². The molecule has 0 aliphatic heterocycles. The van der Waals surface area contributed by atoms with Crippen LogP contribution in [0, 0.1) is 0 Å². The fourth-order valence-corrected chi connectivity index (χ4v) is 2.20. The average Bonchev–Trinajstić information content (AvgIpc) is 2.47. The van der Waals surface area contributed by atoms with Crippen molar-refractivity contribution in [3.8, 4) is 0 Å². The number of rotatable bonds is 5. The van der Waals surface area contributed by atoms with Crippen LogP contribution in [0.25, 0.3) is 0 Å². The predicted octanol–water partition coefficient (Wildman–Crippen LogP) is 3.62. The predicted molar refractivity (Wildman–Crippen MR) is 89.6 cm³/mol. The summed E-state index contributed by atoms with van der Waals surface area (Å²) >= 11 is 5.96. The standard InChI is InChI=1S/C16H19ClN4O/c1-4-21(15(22)12-6-5-7-13(17)10-12)14-8-9-18-16(20-14)19-11(2)3/h5-11H,4H2,1-3H3,(H,18,19,20). The van der Waals surface area contributed by atoms with E-state index in [1.165, 1.54) is 0 Å². The zero-order valence-corrected chi connectivity index (χ0v) is 13.6. The van der Waals surface area contributed by atoms with E-state index in [-0.39, 0.29) is 11.9 Å². The third kappa shape index (κ3) is 3.95. The summed E-state index contributed by atoms with van der Waals surface area (Å²) in [5, 5.41) is 3.66. The third-order valence-corrected chi connectivity index (χ3v) is 3.20. The highest BCUT2D eigenvalue weighted by Gasteiger charge is 2.18. The molecule has 6 heteroatoms. The van der Waals surface area contributed by atoms with Gasteiger partial charge in [0.25, 0.3) is 5.91 Å². The molecule has 0 saturated carbocycles. The van der Waals surface area contributed by atoms with Gasteiger partial charge in [-0.2, -0.15) is 4.98 Å².